The maximum absolute atomic E-state index is 4.57. The first-order chi connectivity index (χ1) is 8.16. The second-order valence-electron chi connectivity index (χ2n) is 5.26. The van der Waals surface area contributed by atoms with Crippen molar-refractivity contribution in [1.82, 2.24) is 10.2 Å². The lowest BCUT2D eigenvalue weighted by Crippen LogP contribution is -2.54. The van der Waals surface area contributed by atoms with E-state index in [1.165, 1.54) is 11.4 Å². The van der Waals surface area contributed by atoms with Crippen LogP contribution in [0, 0.1) is 5.92 Å². The van der Waals surface area contributed by atoms with E-state index in [0.717, 1.165) is 26.1 Å². The monoisotopic (exact) mass is 233 g/mol. The van der Waals surface area contributed by atoms with Crippen molar-refractivity contribution < 1.29 is 0 Å². The normalized spacial score (nSPS) is 25.6. The summed E-state index contributed by atoms with van der Waals surface area (Å²) in [5.74, 6) is 1.89. The van der Waals surface area contributed by atoms with Crippen LogP contribution < -0.4 is 5.32 Å². The van der Waals surface area contributed by atoms with Crippen molar-refractivity contribution in [2.75, 3.05) is 19.6 Å². The Bertz CT molecular complexity index is 350. The smallest absolute Gasteiger partial charge is 0.108 e. The predicted octanol–water partition coefficient (Wildman–Crippen LogP) is 2.18. The number of nitrogens with one attached hydrogen (secondary N) is 1. The van der Waals surface area contributed by atoms with E-state index in [-0.39, 0.29) is 0 Å². The van der Waals surface area contributed by atoms with Crippen LogP contribution in [-0.4, -0.2) is 36.4 Å². The van der Waals surface area contributed by atoms with Gasteiger partial charge in [-0.1, -0.05) is 25.5 Å². The number of piperazine rings is 1. The highest BCUT2D eigenvalue weighted by Crippen LogP contribution is 2.13. The van der Waals surface area contributed by atoms with Gasteiger partial charge in [-0.25, -0.2) is 4.99 Å². The van der Waals surface area contributed by atoms with E-state index in [1.807, 2.05) is 6.20 Å². The molecule has 17 heavy (non-hydrogen) atoms. The van der Waals surface area contributed by atoms with Crippen LogP contribution in [0.5, 0.6) is 0 Å². The van der Waals surface area contributed by atoms with Gasteiger partial charge in [0, 0.05) is 38.3 Å². The van der Waals surface area contributed by atoms with Crippen LogP contribution in [0.3, 0.4) is 0 Å². The van der Waals surface area contributed by atoms with Crippen molar-refractivity contribution >= 4 is 5.84 Å². The maximum Gasteiger partial charge on any atom is 0.108 e. The summed E-state index contributed by atoms with van der Waals surface area (Å²) in [7, 11) is 0. The zero-order valence-corrected chi connectivity index (χ0v) is 11.1. The third kappa shape index (κ3) is 3.19. The summed E-state index contributed by atoms with van der Waals surface area (Å²) in [5, 5.41) is 3.58. The number of hydrogen-bond acceptors (Lipinski definition) is 3. The lowest BCUT2D eigenvalue weighted by molar-refractivity contribution is 0.247. The van der Waals surface area contributed by atoms with Crippen LogP contribution in [0.2, 0.25) is 0 Å². The van der Waals surface area contributed by atoms with Crippen LogP contribution in [0.4, 0.5) is 0 Å². The zero-order chi connectivity index (χ0) is 12.3. The number of amidine groups is 1. The van der Waals surface area contributed by atoms with Crippen molar-refractivity contribution in [3.05, 3.63) is 23.9 Å². The quantitative estimate of drug-likeness (QED) is 0.751. The Kier molecular flexibility index (Phi) is 4.00. The van der Waals surface area contributed by atoms with E-state index in [4.69, 9.17) is 0 Å². The van der Waals surface area contributed by atoms with Crippen molar-refractivity contribution in [3.8, 4) is 0 Å². The Morgan fingerprint density at radius 1 is 1.47 bits per heavy atom. The number of allylic oxidation sites excluding steroid dienone is 2. The number of rotatable bonds is 1. The second-order valence-corrected chi connectivity index (χ2v) is 5.26. The molecule has 1 N–H and O–H groups in total. The van der Waals surface area contributed by atoms with E-state index < -0.39 is 0 Å². The SMILES string of the molecule is CC1=CCC(N2CCNC(C(C)C)C2)=NC=C1. The Morgan fingerprint density at radius 3 is 3.06 bits per heavy atom. The summed E-state index contributed by atoms with van der Waals surface area (Å²) < 4.78 is 0. The summed E-state index contributed by atoms with van der Waals surface area (Å²) in [6.45, 7) is 9.90. The largest absolute Gasteiger partial charge is 0.357 e. The fourth-order valence-corrected chi connectivity index (χ4v) is 2.28. The standard InChI is InChI=1S/C14H23N3/c1-11(2)13-10-17(9-8-15-13)14-5-4-12(3)6-7-16-14/h4,6-7,11,13,15H,5,8-10H2,1-3H3. The molecule has 0 radical (unpaired) electrons. The molecule has 2 rings (SSSR count). The van der Waals surface area contributed by atoms with E-state index in [1.54, 1.807) is 0 Å². The van der Waals surface area contributed by atoms with Gasteiger partial charge in [0.1, 0.15) is 5.84 Å². The number of nitrogens with zero attached hydrogens (tertiary/aromatic N) is 2. The molecular formula is C14H23N3. The van der Waals surface area contributed by atoms with Gasteiger partial charge in [-0.3, -0.25) is 0 Å². The molecule has 0 saturated carbocycles. The summed E-state index contributed by atoms with van der Waals surface area (Å²) in [4.78, 5) is 7.00. The Morgan fingerprint density at radius 2 is 2.29 bits per heavy atom. The van der Waals surface area contributed by atoms with Gasteiger partial charge < -0.3 is 10.2 Å². The van der Waals surface area contributed by atoms with E-state index in [0.29, 0.717) is 12.0 Å². The minimum atomic E-state index is 0.587. The topological polar surface area (TPSA) is 27.6 Å². The molecule has 0 spiro atoms. The molecule has 1 fully saturated rings. The molecule has 0 bridgehead atoms. The molecule has 1 atom stereocenters. The average Bonchev–Trinajstić information content (AvgIpc) is 2.54. The van der Waals surface area contributed by atoms with Crippen LogP contribution >= 0.6 is 0 Å². The van der Waals surface area contributed by atoms with Gasteiger partial charge >= 0.3 is 0 Å². The first-order valence-corrected chi connectivity index (χ1v) is 6.55. The van der Waals surface area contributed by atoms with Crippen LogP contribution in [0.25, 0.3) is 0 Å². The molecule has 2 aliphatic heterocycles. The molecule has 0 amide bonds. The van der Waals surface area contributed by atoms with Crippen molar-refractivity contribution in [1.29, 1.82) is 0 Å². The summed E-state index contributed by atoms with van der Waals surface area (Å²) in [6.07, 6.45) is 7.23. The minimum absolute atomic E-state index is 0.587. The molecule has 1 unspecified atom stereocenters. The van der Waals surface area contributed by atoms with E-state index in [9.17, 15) is 0 Å². The highest BCUT2D eigenvalue weighted by atomic mass is 15.2. The third-order valence-electron chi connectivity index (χ3n) is 3.54. The molecule has 94 valence electrons. The van der Waals surface area contributed by atoms with Crippen molar-refractivity contribution in [2.24, 2.45) is 10.9 Å². The predicted molar refractivity (Wildman–Crippen MR) is 73.2 cm³/mol. The zero-order valence-electron chi connectivity index (χ0n) is 11.1. The molecule has 0 aromatic heterocycles. The van der Waals surface area contributed by atoms with Gasteiger partial charge in [0.15, 0.2) is 0 Å². The van der Waals surface area contributed by atoms with Gasteiger partial charge in [0.25, 0.3) is 0 Å². The average molecular weight is 233 g/mol. The van der Waals surface area contributed by atoms with E-state index >= 15 is 0 Å². The van der Waals surface area contributed by atoms with Crippen molar-refractivity contribution in [3.63, 3.8) is 0 Å². The molecular weight excluding hydrogens is 210 g/mol. The second kappa shape index (κ2) is 5.50. The number of hydrogen-bond donors (Lipinski definition) is 1. The highest BCUT2D eigenvalue weighted by Gasteiger charge is 2.23. The van der Waals surface area contributed by atoms with Gasteiger partial charge in [-0.2, -0.15) is 0 Å². The minimum Gasteiger partial charge on any atom is -0.357 e. The van der Waals surface area contributed by atoms with Gasteiger partial charge in [0.2, 0.25) is 0 Å². The fourth-order valence-electron chi connectivity index (χ4n) is 2.28. The Balaban J connectivity index is 2.03. The lowest BCUT2D eigenvalue weighted by atomic mass is 10.0. The fraction of sp³-hybridized carbons (Fsp3) is 0.643. The summed E-state index contributed by atoms with van der Waals surface area (Å²) in [5.41, 5.74) is 1.30. The van der Waals surface area contributed by atoms with Crippen LogP contribution in [-0.2, 0) is 0 Å². The lowest BCUT2D eigenvalue weighted by Gasteiger charge is -2.37. The molecule has 1 saturated heterocycles. The summed E-state index contributed by atoms with van der Waals surface area (Å²) >= 11 is 0. The Hall–Kier alpha value is -1.09. The first kappa shape index (κ1) is 12.4. The maximum atomic E-state index is 4.57. The van der Waals surface area contributed by atoms with Gasteiger partial charge in [-0.05, 0) is 18.9 Å². The molecule has 2 aliphatic rings. The first-order valence-electron chi connectivity index (χ1n) is 6.55. The van der Waals surface area contributed by atoms with Crippen LogP contribution in [0.1, 0.15) is 27.2 Å². The van der Waals surface area contributed by atoms with Gasteiger partial charge in [0.05, 0.1) is 0 Å². The molecule has 2 heterocycles. The van der Waals surface area contributed by atoms with E-state index in [2.05, 4.69) is 48.1 Å². The third-order valence-corrected chi connectivity index (χ3v) is 3.54. The van der Waals surface area contributed by atoms with Gasteiger partial charge in [-0.15, -0.1) is 0 Å². The summed E-state index contributed by atoms with van der Waals surface area (Å²) in [6, 6.07) is 0.587. The highest BCUT2D eigenvalue weighted by molar-refractivity contribution is 5.85. The molecule has 3 heteroatoms. The van der Waals surface area contributed by atoms with Crippen molar-refractivity contribution in [2.45, 2.75) is 33.2 Å². The number of aliphatic imine (C=N–C) groups is 1. The molecule has 3 nitrogen and oxygen atoms in total. The molecule has 0 aliphatic carbocycles. The Labute approximate surface area is 104 Å². The molecule has 0 aromatic rings. The van der Waals surface area contributed by atoms with Crippen LogP contribution in [0.15, 0.2) is 28.9 Å². The molecule has 0 aromatic carbocycles.